The molecule has 3 saturated carbocycles. The van der Waals surface area contributed by atoms with Gasteiger partial charge in [0.05, 0.1) is 24.4 Å². The van der Waals surface area contributed by atoms with Gasteiger partial charge in [0.2, 0.25) is 0 Å². The average molecular weight is 338 g/mol. The standard InChI is InChI=1S/C19H30O5/c20-13-6-11-17(8-15(13)22)24-18-9-16(23)14(21)7-12(18)19(11)10-4-2-1-3-5-10/h10-15,17-22H,1-9H2. The van der Waals surface area contributed by atoms with Crippen LogP contribution < -0.4 is 0 Å². The van der Waals surface area contributed by atoms with Crippen LogP contribution in [-0.2, 0) is 9.53 Å². The average Bonchev–Trinajstić information content (AvgIpc) is 2.57. The molecule has 24 heavy (non-hydrogen) atoms. The van der Waals surface area contributed by atoms with E-state index in [4.69, 9.17) is 4.74 Å². The fourth-order valence-corrected chi connectivity index (χ4v) is 6.06. The smallest absolute Gasteiger partial charge is 0.163 e. The fourth-order valence-electron chi connectivity index (χ4n) is 6.06. The molecule has 4 fully saturated rings. The topological polar surface area (TPSA) is 87.0 Å². The SMILES string of the molecule is O=C1CC2OC3CC(O)C(O)CC3C(C3CCCCC3)C2CC1O. The molecular weight excluding hydrogens is 308 g/mol. The van der Waals surface area contributed by atoms with Crippen LogP contribution in [0, 0.1) is 23.7 Å². The van der Waals surface area contributed by atoms with E-state index in [-0.39, 0.29) is 29.8 Å². The van der Waals surface area contributed by atoms with E-state index >= 15 is 0 Å². The fraction of sp³-hybridized carbons (Fsp3) is 0.947. The highest BCUT2D eigenvalue weighted by atomic mass is 16.5. The number of hydrogen-bond donors (Lipinski definition) is 3. The minimum atomic E-state index is -0.850. The molecule has 3 N–H and O–H groups in total. The predicted molar refractivity (Wildman–Crippen MR) is 87.2 cm³/mol. The highest BCUT2D eigenvalue weighted by Gasteiger charge is 2.54. The van der Waals surface area contributed by atoms with E-state index < -0.39 is 18.3 Å². The normalized spacial score (nSPS) is 50.2. The Morgan fingerprint density at radius 1 is 0.833 bits per heavy atom. The van der Waals surface area contributed by atoms with E-state index in [9.17, 15) is 20.1 Å². The van der Waals surface area contributed by atoms with Gasteiger partial charge in [0.1, 0.15) is 6.10 Å². The second-order valence-corrected chi connectivity index (χ2v) is 8.54. The molecule has 1 saturated heterocycles. The third kappa shape index (κ3) is 2.94. The number of ketones is 1. The van der Waals surface area contributed by atoms with Crippen molar-refractivity contribution in [1.82, 2.24) is 0 Å². The van der Waals surface area contributed by atoms with Gasteiger partial charge in [0, 0.05) is 12.8 Å². The second kappa shape index (κ2) is 6.67. The van der Waals surface area contributed by atoms with Crippen LogP contribution in [0.1, 0.15) is 57.8 Å². The highest BCUT2D eigenvalue weighted by Crippen LogP contribution is 2.52. The summed E-state index contributed by atoms with van der Waals surface area (Å²) in [7, 11) is 0. The molecule has 5 nitrogen and oxygen atoms in total. The second-order valence-electron chi connectivity index (χ2n) is 8.54. The Balaban J connectivity index is 1.62. The Morgan fingerprint density at radius 3 is 2.25 bits per heavy atom. The molecule has 4 rings (SSSR count). The molecule has 4 aliphatic rings. The molecule has 0 bridgehead atoms. The van der Waals surface area contributed by atoms with Crippen molar-refractivity contribution in [2.45, 2.75) is 88.3 Å². The molecule has 1 aliphatic heterocycles. The van der Waals surface area contributed by atoms with E-state index in [1.54, 1.807) is 0 Å². The van der Waals surface area contributed by atoms with Crippen molar-refractivity contribution in [3.05, 3.63) is 0 Å². The Morgan fingerprint density at radius 2 is 1.50 bits per heavy atom. The van der Waals surface area contributed by atoms with Crippen molar-refractivity contribution in [3.63, 3.8) is 0 Å². The number of carbonyl (C=O) groups excluding carboxylic acids is 1. The first-order valence-corrected chi connectivity index (χ1v) is 9.77. The lowest BCUT2D eigenvalue weighted by molar-refractivity contribution is -0.217. The van der Waals surface area contributed by atoms with Crippen LogP contribution in [0.2, 0.25) is 0 Å². The molecule has 3 aliphatic carbocycles. The maximum Gasteiger partial charge on any atom is 0.163 e. The number of Topliss-reactive ketones (excluding diaryl/α,β-unsaturated/α-hetero) is 1. The van der Waals surface area contributed by atoms with Crippen molar-refractivity contribution >= 4 is 5.78 Å². The lowest BCUT2D eigenvalue weighted by atomic mass is 9.58. The Kier molecular flexibility index (Phi) is 4.71. The van der Waals surface area contributed by atoms with Gasteiger partial charge in [-0.2, -0.15) is 0 Å². The van der Waals surface area contributed by atoms with E-state index in [0.717, 1.165) is 0 Å². The molecule has 0 aromatic rings. The maximum absolute atomic E-state index is 12.0. The molecule has 136 valence electrons. The van der Waals surface area contributed by atoms with Crippen LogP contribution in [0.25, 0.3) is 0 Å². The quantitative estimate of drug-likeness (QED) is 0.673. The minimum absolute atomic E-state index is 0.0559. The lowest BCUT2D eigenvalue weighted by Gasteiger charge is -2.55. The van der Waals surface area contributed by atoms with Crippen molar-refractivity contribution in [2.24, 2.45) is 23.7 Å². The minimum Gasteiger partial charge on any atom is -0.390 e. The van der Waals surface area contributed by atoms with Gasteiger partial charge in [-0.25, -0.2) is 0 Å². The van der Waals surface area contributed by atoms with Gasteiger partial charge < -0.3 is 20.1 Å². The van der Waals surface area contributed by atoms with E-state index in [1.165, 1.54) is 32.1 Å². The summed E-state index contributed by atoms with van der Waals surface area (Å²) in [5, 5.41) is 30.4. The van der Waals surface area contributed by atoms with Gasteiger partial charge in [-0.05, 0) is 36.5 Å². The number of hydrogen-bond acceptors (Lipinski definition) is 5. The Hall–Kier alpha value is -0.490. The van der Waals surface area contributed by atoms with Crippen LogP contribution in [-0.4, -0.2) is 51.6 Å². The van der Waals surface area contributed by atoms with Gasteiger partial charge in [-0.3, -0.25) is 4.79 Å². The van der Waals surface area contributed by atoms with Crippen LogP contribution in [0.15, 0.2) is 0 Å². The molecule has 8 unspecified atom stereocenters. The van der Waals surface area contributed by atoms with E-state index in [1.807, 2.05) is 0 Å². The highest BCUT2D eigenvalue weighted by molar-refractivity contribution is 5.84. The predicted octanol–water partition coefficient (Wildman–Crippen LogP) is 1.42. The molecule has 1 heterocycles. The molecule has 0 aromatic carbocycles. The molecular formula is C19H30O5. The van der Waals surface area contributed by atoms with Gasteiger partial charge >= 0.3 is 0 Å². The molecule has 0 radical (unpaired) electrons. The summed E-state index contributed by atoms with van der Waals surface area (Å²) >= 11 is 0. The van der Waals surface area contributed by atoms with Crippen molar-refractivity contribution in [2.75, 3.05) is 0 Å². The zero-order chi connectivity index (χ0) is 16.8. The number of rotatable bonds is 1. The first-order chi connectivity index (χ1) is 11.5. The summed E-state index contributed by atoms with van der Waals surface area (Å²) in [6.07, 6.45) is 5.66. The molecule has 0 amide bonds. The first-order valence-electron chi connectivity index (χ1n) is 9.77. The van der Waals surface area contributed by atoms with E-state index in [0.29, 0.717) is 37.5 Å². The van der Waals surface area contributed by atoms with Gasteiger partial charge in [0.25, 0.3) is 0 Å². The monoisotopic (exact) mass is 338 g/mol. The van der Waals surface area contributed by atoms with Crippen molar-refractivity contribution in [1.29, 1.82) is 0 Å². The van der Waals surface area contributed by atoms with Crippen LogP contribution in [0.3, 0.4) is 0 Å². The van der Waals surface area contributed by atoms with Gasteiger partial charge in [-0.15, -0.1) is 0 Å². The number of ether oxygens (including phenoxy) is 1. The summed E-state index contributed by atoms with van der Waals surface area (Å²) in [6, 6.07) is 0. The summed E-state index contributed by atoms with van der Waals surface area (Å²) in [6.45, 7) is 0. The van der Waals surface area contributed by atoms with Crippen molar-refractivity contribution in [3.8, 4) is 0 Å². The summed E-state index contributed by atoms with van der Waals surface area (Å²) in [4.78, 5) is 12.0. The summed E-state index contributed by atoms with van der Waals surface area (Å²) < 4.78 is 6.25. The summed E-state index contributed by atoms with van der Waals surface area (Å²) in [5.74, 6) is 1.36. The van der Waals surface area contributed by atoms with Gasteiger partial charge in [-0.1, -0.05) is 32.1 Å². The van der Waals surface area contributed by atoms with Gasteiger partial charge in [0.15, 0.2) is 5.78 Å². The maximum atomic E-state index is 12.0. The van der Waals surface area contributed by atoms with Crippen LogP contribution in [0.5, 0.6) is 0 Å². The largest absolute Gasteiger partial charge is 0.390 e. The lowest BCUT2D eigenvalue weighted by Crippen LogP contribution is -2.58. The zero-order valence-corrected chi connectivity index (χ0v) is 14.2. The third-order valence-corrected chi connectivity index (χ3v) is 7.19. The Labute approximate surface area is 143 Å². The number of carbonyl (C=O) groups is 1. The van der Waals surface area contributed by atoms with Crippen molar-refractivity contribution < 1.29 is 24.9 Å². The number of aliphatic hydroxyl groups is 3. The molecule has 0 spiro atoms. The van der Waals surface area contributed by atoms with E-state index in [2.05, 4.69) is 0 Å². The van der Waals surface area contributed by atoms with Crippen LogP contribution >= 0.6 is 0 Å². The first kappa shape index (κ1) is 17.0. The number of aliphatic hydroxyl groups excluding tert-OH is 3. The summed E-state index contributed by atoms with van der Waals surface area (Å²) in [5.41, 5.74) is 0. The molecule has 5 heteroatoms. The molecule has 0 aromatic heterocycles. The van der Waals surface area contributed by atoms with Crippen LogP contribution in [0.4, 0.5) is 0 Å². The Bertz CT molecular complexity index is 474. The number of fused-ring (bicyclic) bond motifs is 2. The zero-order valence-electron chi connectivity index (χ0n) is 14.2. The third-order valence-electron chi connectivity index (χ3n) is 7.19. The molecule has 8 atom stereocenters.